The second-order valence-corrected chi connectivity index (χ2v) is 17.2. The van der Waals surface area contributed by atoms with Gasteiger partial charge in [0.2, 0.25) is 5.91 Å². The van der Waals surface area contributed by atoms with E-state index in [1.54, 1.807) is 20.0 Å². The van der Waals surface area contributed by atoms with Crippen LogP contribution in [0.1, 0.15) is 76.6 Å². The number of hydrogen-bond donors (Lipinski definition) is 18. The van der Waals surface area contributed by atoms with Crippen LogP contribution in [-0.4, -0.2) is 161 Å². The summed E-state index contributed by atoms with van der Waals surface area (Å²) >= 11 is 0. The minimum Gasteiger partial charge on any atom is -0.480 e. The van der Waals surface area contributed by atoms with Gasteiger partial charge in [-0.05, 0) is 61.6 Å². The van der Waals surface area contributed by atoms with Crippen LogP contribution in [0, 0.1) is 11.8 Å². The molecule has 0 aliphatic heterocycles. The Kier molecular flexibility index (Phi) is 44.5. The van der Waals surface area contributed by atoms with E-state index < -0.39 is 109 Å². The predicted octanol–water partition coefficient (Wildman–Crippen LogP) is -2.75. The van der Waals surface area contributed by atoms with Gasteiger partial charge in [0.25, 0.3) is 0 Å². The summed E-state index contributed by atoms with van der Waals surface area (Å²) < 4.78 is 4.62. The summed E-state index contributed by atoms with van der Waals surface area (Å²) in [5.74, 6) is -8.15. The van der Waals surface area contributed by atoms with Gasteiger partial charge in [-0.3, -0.25) is 33.6 Å². The molecule has 29 nitrogen and oxygen atoms in total. The van der Waals surface area contributed by atoms with E-state index in [0.29, 0.717) is 43.8 Å². The smallest absolute Gasteiger partial charge is 0.330 e. The number of aliphatic hydroxyl groups is 1. The maximum absolute atomic E-state index is 11.5. The van der Waals surface area contributed by atoms with Crippen LogP contribution in [0.4, 0.5) is 0 Å². The summed E-state index contributed by atoms with van der Waals surface area (Å²) in [6.45, 7) is 7.52. The van der Waals surface area contributed by atoms with Crippen molar-refractivity contribution in [1.82, 2.24) is 9.97 Å². The summed E-state index contributed by atoms with van der Waals surface area (Å²) in [6.07, 6.45) is 6.43. The molecule has 0 radical (unpaired) electrons. The lowest BCUT2D eigenvalue weighted by Crippen LogP contribution is -2.42. The Morgan fingerprint density at radius 2 is 0.961 bits per heavy atom. The van der Waals surface area contributed by atoms with E-state index in [1.165, 1.54) is 6.33 Å². The molecule has 436 valence electrons. The number of imidazole rings is 1. The molecule has 1 aromatic heterocycles. The van der Waals surface area contributed by atoms with E-state index in [4.69, 9.17) is 87.3 Å². The van der Waals surface area contributed by atoms with Gasteiger partial charge in [0.1, 0.15) is 48.3 Å². The van der Waals surface area contributed by atoms with Crippen molar-refractivity contribution in [2.24, 2.45) is 69.2 Å². The van der Waals surface area contributed by atoms with Gasteiger partial charge < -0.3 is 103 Å². The van der Waals surface area contributed by atoms with Crippen LogP contribution in [0.25, 0.3) is 0 Å². The molecule has 0 spiro atoms. The molecule has 0 aliphatic carbocycles. The molecular weight excluding hydrogens is 1020 g/mol. The lowest BCUT2D eigenvalue weighted by molar-refractivity contribution is -0.162. The van der Waals surface area contributed by atoms with Gasteiger partial charge in [0.05, 0.1) is 19.4 Å². The highest BCUT2D eigenvalue weighted by Gasteiger charge is 2.25. The van der Waals surface area contributed by atoms with Gasteiger partial charge in [-0.1, -0.05) is 94.8 Å². The first-order valence-electron chi connectivity index (χ1n) is 23.6. The molecule has 0 saturated heterocycles. The second-order valence-electron chi connectivity index (χ2n) is 17.2. The molecule has 0 aliphatic rings. The molecule has 0 saturated carbocycles. The van der Waals surface area contributed by atoms with Gasteiger partial charge >= 0.3 is 47.8 Å². The molecule has 0 fully saturated rings. The number of carboxylic acids is 6. The number of primary amides is 1. The fourth-order valence-electron chi connectivity index (χ4n) is 4.77. The molecule has 77 heavy (non-hydrogen) atoms. The SMILES string of the molecule is CC(C)C[C@H](N)C(=O)O.CC(C)[C@H](N)C(=O)OC(=O)[C@@H](N)Cc1cnc[nH]1.NC(=O)C[C@H](N)C(=O)O.NCCCC[C@H](N)C(=O)O.N[C@@H](CO)C(=O)O.N[C@@H](Cc1ccccc1)C(=O)O.N[C@@H](Cc1ccccc1)C(=O)O. The average Bonchev–Trinajstić information content (AvgIpc) is 3.87. The fraction of sp³-hybridized carbons (Fsp3) is 0.500. The Hall–Kier alpha value is -7.32. The molecule has 0 unspecified atom stereocenters. The first-order valence-corrected chi connectivity index (χ1v) is 23.6. The average molecular weight is 1100 g/mol. The number of amides is 1. The van der Waals surface area contributed by atoms with Crippen molar-refractivity contribution < 1.29 is 83.6 Å². The maximum atomic E-state index is 11.5. The Bertz CT molecular complexity index is 2070. The number of nitrogens with one attached hydrogen (secondary N) is 1. The van der Waals surface area contributed by atoms with Crippen LogP contribution >= 0.6 is 0 Å². The monoisotopic (exact) mass is 1100 g/mol. The predicted molar refractivity (Wildman–Crippen MR) is 281 cm³/mol. The molecule has 29 heteroatoms. The summed E-state index contributed by atoms with van der Waals surface area (Å²) in [6, 6.07) is 11.6. The van der Waals surface area contributed by atoms with Crippen molar-refractivity contribution in [3.8, 4) is 0 Å². The van der Waals surface area contributed by atoms with E-state index in [0.717, 1.165) is 24.0 Å². The zero-order valence-corrected chi connectivity index (χ0v) is 43.7. The third kappa shape index (κ3) is 44.7. The van der Waals surface area contributed by atoms with E-state index in [9.17, 15) is 43.2 Å². The van der Waals surface area contributed by atoms with Crippen molar-refractivity contribution >= 4 is 53.7 Å². The third-order valence-electron chi connectivity index (χ3n) is 9.30. The minimum atomic E-state index is -1.21. The van der Waals surface area contributed by atoms with Crippen molar-refractivity contribution in [3.05, 3.63) is 90.0 Å². The molecule has 1 heterocycles. The molecule has 28 N–H and O–H groups in total. The van der Waals surface area contributed by atoms with Crippen molar-refractivity contribution in [1.29, 1.82) is 0 Å². The van der Waals surface area contributed by atoms with Crippen LogP contribution in [-0.2, 0) is 67.2 Å². The number of hydrogen-bond acceptors (Lipinski definition) is 21. The van der Waals surface area contributed by atoms with Gasteiger partial charge in [-0.25, -0.2) is 14.6 Å². The number of esters is 2. The number of H-pyrrole nitrogens is 1. The van der Waals surface area contributed by atoms with Crippen molar-refractivity contribution in [3.63, 3.8) is 0 Å². The fourth-order valence-corrected chi connectivity index (χ4v) is 4.77. The number of unbranched alkanes of at least 4 members (excludes halogenated alkanes) is 1. The number of rotatable bonds is 24. The maximum Gasteiger partial charge on any atom is 0.330 e. The standard InChI is InChI=1S/C11H18N4O3.2C9H11NO2.C6H14N2O2.C6H13NO2.C4H8N2O3.C3H7NO3/c1-6(2)9(13)11(17)18-10(16)8(12)3-7-4-14-5-15-7;2*10-8(9(11)12)6-7-4-2-1-3-5-7;7-4-2-1-3-5(8)6(9)10;1-4(2)3-5(7)6(8)9;5-2(4(8)9)1-3(6)7;4-2(1-5)3(6)7/h4-6,8-9H,3,12-13H2,1-2H3,(H,14,15);2*1-5,8H,6,10H2,(H,11,12);5H,1-4,7-8H2,(H,9,10);4-5H,3,7H2,1-2H3,(H,8,9);2H,1,5H2,(H2,6,7)(H,8,9);2,5H,1,4H2,(H,6,7)/t8-,9-;2*8-;2*5-;2*2-/m0000000/s1. The summed E-state index contributed by atoms with van der Waals surface area (Å²) in [5, 5.41) is 57.7. The molecule has 3 aromatic rings. The van der Waals surface area contributed by atoms with Crippen molar-refractivity contribution in [2.75, 3.05) is 13.2 Å². The number of aliphatic hydroxyl groups excluding tert-OH is 1. The third-order valence-corrected chi connectivity index (χ3v) is 9.30. The van der Waals surface area contributed by atoms with Gasteiger partial charge in [0.15, 0.2) is 0 Å². The second kappa shape index (κ2) is 44.9. The lowest BCUT2D eigenvalue weighted by Gasteiger charge is -2.15. The highest BCUT2D eigenvalue weighted by Crippen LogP contribution is 2.05. The quantitative estimate of drug-likeness (QED) is 0.0246. The van der Waals surface area contributed by atoms with Crippen molar-refractivity contribution in [2.45, 2.75) is 127 Å². The summed E-state index contributed by atoms with van der Waals surface area (Å²) in [7, 11) is 0. The zero-order chi connectivity index (χ0) is 60.4. The Balaban J connectivity index is -0.000000412. The molecular formula is C48H82N12O17. The number of nitrogens with zero attached hydrogens (tertiary/aromatic N) is 1. The largest absolute Gasteiger partial charge is 0.480 e. The van der Waals surface area contributed by atoms with Crippen LogP contribution in [0.15, 0.2) is 73.2 Å². The normalized spacial score (nSPS) is 13.2. The number of carboxylic acid groups (broad SMARTS) is 6. The first kappa shape index (κ1) is 76.2. The number of nitrogens with two attached hydrogens (primary N) is 10. The summed E-state index contributed by atoms with van der Waals surface area (Å²) in [4.78, 5) is 100. The van der Waals surface area contributed by atoms with Crippen LogP contribution < -0.4 is 57.3 Å². The molecule has 2 aromatic carbocycles. The van der Waals surface area contributed by atoms with Gasteiger partial charge in [-0.2, -0.15) is 0 Å². The minimum absolute atomic E-state index is 0.103. The Labute approximate surface area is 446 Å². The van der Waals surface area contributed by atoms with E-state index in [1.807, 2.05) is 74.5 Å². The van der Waals surface area contributed by atoms with Gasteiger partial charge in [-0.15, -0.1) is 0 Å². The van der Waals surface area contributed by atoms with Crippen LogP contribution in [0.2, 0.25) is 0 Å². The van der Waals surface area contributed by atoms with Gasteiger partial charge in [0, 0.05) is 18.3 Å². The van der Waals surface area contributed by atoms with E-state index in [-0.39, 0.29) is 18.8 Å². The molecule has 3 rings (SSSR count). The zero-order valence-electron chi connectivity index (χ0n) is 43.7. The van der Waals surface area contributed by atoms with E-state index in [2.05, 4.69) is 20.4 Å². The number of ether oxygens (including phenoxy) is 1. The number of benzene rings is 2. The Morgan fingerprint density at radius 3 is 1.23 bits per heavy atom. The highest BCUT2D eigenvalue weighted by atomic mass is 16.6. The first-order chi connectivity index (χ1) is 35.7. The number of carbonyl (C=O) groups excluding carboxylic acids is 3. The topological polar surface area (TPSA) is 593 Å². The molecule has 1 amide bonds. The molecule has 0 bridgehead atoms. The van der Waals surface area contributed by atoms with Crippen LogP contribution in [0.3, 0.4) is 0 Å². The van der Waals surface area contributed by atoms with Crippen LogP contribution in [0.5, 0.6) is 0 Å². The number of aliphatic carboxylic acids is 6. The highest BCUT2D eigenvalue weighted by molar-refractivity contribution is 5.91. The lowest BCUT2D eigenvalue weighted by atomic mass is 10.1. The van der Waals surface area contributed by atoms with E-state index >= 15 is 0 Å². The molecule has 8 atom stereocenters. The summed E-state index contributed by atoms with van der Waals surface area (Å²) in [5.41, 5.74) is 54.4. The Morgan fingerprint density at radius 1 is 0.545 bits per heavy atom. The number of carbonyl (C=O) groups is 9. The number of aromatic amines is 1. The number of aromatic nitrogens is 2.